The zero-order valence-corrected chi connectivity index (χ0v) is 15.0. The SMILES string of the molecule is CN1CCc2c(Cl)ccc3oc(/C=C(/C(=O)[O-])c4ccccc4)c(c23)C1. The molecule has 0 spiro atoms. The molecule has 0 radical (unpaired) electrons. The zero-order chi connectivity index (χ0) is 18.3. The maximum absolute atomic E-state index is 11.7. The highest BCUT2D eigenvalue weighted by Crippen LogP contribution is 2.37. The summed E-state index contributed by atoms with van der Waals surface area (Å²) >= 11 is 6.41. The summed E-state index contributed by atoms with van der Waals surface area (Å²) < 4.78 is 6.02. The van der Waals surface area contributed by atoms with Gasteiger partial charge in [0.2, 0.25) is 0 Å². The molecule has 0 saturated heterocycles. The predicted molar refractivity (Wildman–Crippen MR) is 101 cm³/mol. The summed E-state index contributed by atoms with van der Waals surface area (Å²) in [5, 5.41) is 13.4. The number of nitrogens with zero attached hydrogens (tertiary/aromatic N) is 1. The fourth-order valence-electron chi connectivity index (χ4n) is 3.50. The van der Waals surface area contributed by atoms with E-state index >= 15 is 0 Å². The smallest absolute Gasteiger partial charge is 0.135 e. The molecule has 26 heavy (non-hydrogen) atoms. The van der Waals surface area contributed by atoms with Crippen LogP contribution in [0.25, 0.3) is 22.6 Å². The molecule has 1 aliphatic rings. The van der Waals surface area contributed by atoms with Crippen molar-refractivity contribution in [3.05, 3.63) is 69.9 Å². The number of carboxylic acids is 1. The summed E-state index contributed by atoms with van der Waals surface area (Å²) in [5.41, 5.74) is 3.43. The van der Waals surface area contributed by atoms with Gasteiger partial charge in [0.15, 0.2) is 0 Å². The van der Waals surface area contributed by atoms with Gasteiger partial charge in [-0.25, -0.2) is 0 Å². The lowest BCUT2D eigenvalue weighted by atomic mass is 10.0. The second-order valence-corrected chi connectivity index (χ2v) is 6.95. The van der Waals surface area contributed by atoms with E-state index in [0.717, 1.165) is 35.1 Å². The Morgan fingerprint density at radius 2 is 1.96 bits per heavy atom. The van der Waals surface area contributed by atoms with Crippen molar-refractivity contribution in [3.8, 4) is 0 Å². The fourth-order valence-corrected chi connectivity index (χ4v) is 3.75. The Labute approximate surface area is 156 Å². The van der Waals surface area contributed by atoms with Gasteiger partial charge in [0.05, 0.1) is 5.97 Å². The highest BCUT2D eigenvalue weighted by atomic mass is 35.5. The van der Waals surface area contributed by atoms with E-state index in [1.807, 2.05) is 25.2 Å². The number of likely N-dealkylation sites (N-methyl/N-ethyl adjacent to an activating group) is 1. The van der Waals surface area contributed by atoms with Crippen LogP contribution in [0.3, 0.4) is 0 Å². The van der Waals surface area contributed by atoms with Crippen LogP contribution in [0.15, 0.2) is 46.9 Å². The molecular formula is C21H17ClNO3-. The van der Waals surface area contributed by atoms with Crippen LogP contribution in [0, 0.1) is 0 Å². The number of rotatable bonds is 3. The van der Waals surface area contributed by atoms with Crippen molar-refractivity contribution in [2.24, 2.45) is 0 Å². The molecule has 0 atom stereocenters. The Bertz CT molecular complexity index is 1020. The largest absolute Gasteiger partial charge is 0.545 e. The van der Waals surface area contributed by atoms with E-state index in [-0.39, 0.29) is 5.57 Å². The molecule has 4 rings (SSSR count). The maximum Gasteiger partial charge on any atom is 0.135 e. The topological polar surface area (TPSA) is 56.5 Å². The van der Waals surface area contributed by atoms with Crippen molar-refractivity contribution in [2.45, 2.75) is 13.0 Å². The van der Waals surface area contributed by atoms with Crippen molar-refractivity contribution in [1.29, 1.82) is 0 Å². The van der Waals surface area contributed by atoms with E-state index in [0.29, 0.717) is 22.9 Å². The minimum absolute atomic E-state index is 0.0976. The molecule has 2 heterocycles. The molecule has 0 unspecified atom stereocenters. The first-order valence-electron chi connectivity index (χ1n) is 8.44. The minimum atomic E-state index is -1.23. The van der Waals surface area contributed by atoms with Crippen LogP contribution < -0.4 is 5.11 Å². The van der Waals surface area contributed by atoms with E-state index in [9.17, 15) is 9.90 Å². The van der Waals surface area contributed by atoms with Crippen molar-refractivity contribution < 1.29 is 14.3 Å². The molecule has 5 heteroatoms. The first kappa shape index (κ1) is 16.9. The number of benzene rings is 2. The molecule has 2 aromatic carbocycles. The lowest BCUT2D eigenvalue weighted by molar-refractivity contribution is -0.295. The summed E-state index contributed by atoms with van der Waals surface area (Å²) in [6, 6.07) is 12.6. The fraction of sp³-hybridized carbons (Fsp3) is 0.190. The highest BCUT2D eigenvalue weighted by molar-refractivity contribution is 6.32. The second-order valence-electron chi connectivity index (χ2n) is 6.54. The Morgan fingerprint density at radius 3 is 2.69 bits per heavy atom. The van der Waals surface area contributed by atoms with Gasteiger partial charge in [-0.2, -0.15) is 0 Å². The van der Waals surface area contributed by atoms with Crippen LogP contribution in [-0.4, -0.2) is 24.5 Å². The van der Waals surface area contributed by atoms with Crippen LogP contribution in [-0.2, 0) is 17.8 Å². The lowest BCUT2D eigenvalue weighted by Gasteiger charge is -2.13. The van der Waals surface area contributed by atoms with Crippen LogP contribution in [0.5, 0.6) is 0 Å². The van der Waals surface area contributed by atoms with Gasteiger partial charge in [0.1, 0.15) is 11.3 Å². The summed E-state index contributed by atoms with van der Waals surface area (Å²) in [4.78, 5) is 13.9. The first-order valence-corrected chi connectivity index (χ1v) is 8.82. The maximum atomic E-state index is 11.7. The number of hydrogen-bond donors (Lipinski definition) is 0. The van der Waals surface area contributed by atoms with Crippen LogP contribution in [0.2, 0.25) is 5.02 Å². The Balaban J connectivity index is 1.95. The molecule has 0 bridgehead atoms. The zero-order valence-electron chi connectivity index (χ0n) is 14.3. The number of furan rings is 1. The number of carbonyl (C=O) groups excluding carboxylic acids is 1. The summed E-state index contributed by atoms with van der Waals surface area (Å²) in [7, 11) is 2.03. The van der Waals surface area contributed by atoms with Crippen molar-refractivity contribution >= 4 is 40.2 Å². The summed E-state index contributed by atoms with van der Waals surface area (Å²) in [6.07, 6.45) is 2.39. The molecule has 1 aromatic heterocycles. The molecule has 0 saturated carbocycles. The molecule has 1 aliphatic heterocycles. The highest BCUT2D eigenvalue weighted by Gasteiger charge is 2.23. The average molecular weight is 367 g/mol. The van der Waals surface area contributed by atoms with E-state index in [1.165, 1.54) is 0 Å². The minimum Gasteiger partial charge on any atom is -0.545 e. The normalized spacial score (nSPS) is 15.2. The predicted octanol–water partition coefficient (Wildman–Crippen LogP) is 3.36. The van der Waals surface area contributed by atoms with Crippen LogP contribution in [0.4, 0.5) is 0 Å². The molecule has 0 amide bonds. The third-order valence-electron chi connectivity index (χ3n) is 4.79. The van der Waals surface area contributed by atoms with Crippen LogP contribution >= 0.6 is 11.6 Å². The summed E-state index contributed by atoms with van der Waals surface area (Å²) in [6.45, 7) is 1.55. The Morgan fingerprint density at radius 1 is 1.19 bits per heavy atom. The van der Waals surface area contributed by atoms with Gasteiger partial charge in [-0.1, -0.05) is 41.9 Å². The first-order chi connectivity index (χ1) is 12.5. The van der Waals surface area contributed by atoms with E-state index in [2.05, 4.69) is 4.90 Å². The molecule has 4 nitrogen and oxygen atoms in total. The van der Waals surface area contributed by atoms with Crippen molar-refractivity contribution in [1.82, 2.24) is 4.90 Å². The molecular weight excluding hydrogens is 350 g/mol. The number of carbonyl (C=O) groups is 1. The molecule has 0 fully saturated rings. The number of halogens is 1. The molecule has 0 aliphatic carbocycles. The number of hydrogen-bond acceptors (Lipinski definition) is 4. The quantitative estimate of drug-likeness (QED) is 0.667. The third kappa shape index (κ3) is 2.91. The summed E-state index contributed by atoms with van der Waals surface area (Å²) in [5.74, 6) is -0.690. The van der Waals surface area contributed by atoms with E-state index in [4.69, 9.17) is 16.0 Å². The monoisotopic (exact) mass is 366 g/mol. The van der Waals surface area contributed by atoms with Crippen LogP contribution in [0.1, 0.15) is 22.5 Å². The van der Waals surface area contributed by atoms with Gasteiger partial charge in [0, 0.05) is 34.6 Å². The van der Waals surface area contributed by atoms with E-state index in [1.54, 1.807) is 30.3 Å². The Hall–Kier alpha value is -2.56. The molecule has 132 valence electrons. The molecule has 3 aromatic rings. The van der Waals surface area contributed by atoms with Gasteiger partial charge >= 0.3 is 0 Å². The van der Waals surface area contributed by atoms with Gasteiger partial charge in [-0.15, -0.1) is 0 Å². The number of aliphatic carboxylic acids is 1. The van der Waals surface area contributed by atoms with Gasteiger partial charge in [-0.3, -0.25) is 0 Å². The van der Waals surface area contributed by atoms with Gasteiger partial charge in [-0.05, 0) is 42.8 Å². The lowest BCUT2D eigenvalue weighted by Crippen LogP contribution is -2.23. The van der Waals surface area contributed by atoms with Crippen molar-refractivity contribution in [2.75, 3.05) is 13.6 Å². The Kier molecular flexibility index (Phi) is 4.31. The van der Waals surface area contributed by atoms with Gasteiger partial charge < -0.3 is 19.2 Å². The van der Waals surface area contributed by atoms with Gasteiger partial charge in [0.25, 0.3) is 0 Å². The number of carboxylic acid groups (broad SMARTS) is 1. The second kappa shape index (κ2) is 6.63. The van der Waals surface area contributed by atoms with E-state index < -0.39 is 5.97 Å². The van der Waals surface area contributed by atoms with Crippen molar-refractivity contribution in [3.63, 3.8) is 0 Å². The molecule has 0 N–H and O–H groups in total. The third-order valence-corrected chi connectivity index (χ3v) is 5.14. The standard InChI is InChI=1S/C21H18ClNO3/c1-23-10-9-14-17(22)7-8-18-20(14)16(12-23)19(26-18)11-15(21(24)25)13-5-3-2-4-6-13/h2-8,11H,9-10,12H2,1H3,(H,24,25)/p-1/b15-11+. The average Bonchev–Trinajstić information content (AvgIpc) is 2.85.